The second kappa shape index (κ2) is 5.59. The largest absolute Gasteiger partial charge is 0.397 e. The molecule has 1 amide bonds. The predicted molar refractivity (Wildman–Crippen MR) is 77.5 cm³/mol. The second-order valence-electron chi connectivity index (χ2n) is 4.16. The lowest BCUT2D eigenvalue weighted by atomic mass is 10.1. The van der Waals surface area contributed by atoms with Crippen LogP contribution in [0.1, 0.15) is 21.6 Å². The quantitative estimate of drug-likeness (QED) is 0.888. The van der Waals surface area contributed by atoms with Gasteiger partial charge in [0.25, 0.3) is 5.91 Å². The summed E-state index contributed by atoms with van der Waals surface area (Å²) in [6, 6.07) is 8.17. The monoisotopic (exact) mass is 286 g/mol. The van der Waals surface area contributed by atoms with Crippen LogP contribution in [0.2, 0.25) is 5.02 Å². The van der Waals surface area contributed by atoms with Gasteiger partial charge in [-0.3, -0.25) is 9.78 Å². The average molecular weight is 287 g/mol. The summed E-state index contributed by atoms with van der Waals surface area (Å²) in [6.07, 6.45) is 1.48. The Balaban J connectivity index is 2.33. The number of nitriles is 1. The molecular weight excluding hydrogens is 276 g/mol. The lowest BCUT2D eigenvalue weighted by molar-refractivity contribution is 0.102. The van der Waals surface area contributed by atoms with E-state index >= 15 is 0 Å². The Morgan fingerprint density at radius 2 is 2.20 bits per heavy atom. The smallest absolute Gasteiger partial charge is 0.257 e. The number of amides is 1. The molecule has 0 unspecified atom stereocenters. The summed E-state index contributed by atoms with van der Waals surface area (Å²) in [5.74, 6) is -0.376. The van der Waals surface area contributed by atoms with Crippen molar-refractivity contribution in [1.29, 1.82) is 5.26 Å². The van der Waals surface area contributed by atoms with Crippen molar-refractivity contribution in [2.24, 2.45) is 0 Å². The zero-order chi connectivity index (χ0) is 14.7. The van der Waals surface area contributed by atoms with Crippen LogP contribution in [0.5, 0.6) is 0 Å². The van der Waals surface area contributed by atoms with Crippen LogP contribution in [0.25, 0.3) is 0 Å². The van der Waals surface area contributed by atoms with Crippen LogP contribution in [0.4, 0.5) is 11.4 Å². The Hall–Kier alpha value is -2.58. The lowest BCUT2D eigenvalue weighted by Gasteiger charge is -2.09. The number of nitrogens with zero attached hydrogens (tertiary/aromatic N) is 2. The third kappa shape index (κ3) is 2.87. The first-order valence-electron chi connectivity index (χ1n) is 5.74. The standard InChI is InChI=1S/C14H11ClN4O/c1-8-11(5-10(17)7-18-8)14(20)19-13-4-9(6-16)2-3-12(13)15/h2-5,7H,17H2,1H3,(H,19,20). The molecule has 0 bridgehead atoms. The van der Waals surface area contributed by atoms with Crippen molar-refractivity contribution < 1.29 is 4.79 Å². The van der Waals surface area contributed by atoms with E-state index in [1.807, 2.05) is 6.07 Å². The number of nitrogen functional groups attached to an aromatic ring is 1. The molecule has 0 aliphatic heterocycles. The van der Waals surface area contributed by atoms with Crippen molar-refractivity contribution in [2.45, 2.75) is 6.92 Å². The fourth-order valence-corrected chi connectivity index (χ4v) is 1.82. The van der Waals surface area contributed by atoms with Crippen molar-refractivity contribution >= 4 is 28.9 Å². The average Bonchev–Trinajstić information content (AvgIpc) is 2.43. The molecule has 0 atom stereocenters. The van der Waals surface area contributed by atoms with E-state index in [1.54, 1.807) is 25.1 Å². The number of nitrogens with one attached hydrogen (secondary N) is 1. The summed E-state index contributed by atoms with van der Waals surface area (Å²) in [6.45, 7) is 1.71. The van der Waals surface area contributed by atoms with Gasteiger partial charge < -0.3 is 11.1 Å². The van der Waals surface area contributed by atoms with E-state index in [0.717, 1.165) is 0 Å². The molecule has 20 heavy (non-hydrogen) atoms. The summed E-state index contributed by atoms with van der Waals surface area (Å²) in [7, 11) is 0. The van der Waals surface area contributed by atoms with Crippen molar-refractivity contribution in [2.75, 3.05) is 11.1 Å². The van der Waals surface area contributed by atoms with Crippen molar-refractivity contribution in [1.82, 2.24) is 4.98 Å². The minimum Gasteiger partial charge on any atom is -0.397 e. The Morgan fingerprint density at radius 3 is 2.90 bits per heavy atom. The van der Waals surface area contributed by atoms with E-state index in [9.17, 15) is 4.79 Å². The summed E-state index contributed by atoms with van der Waals surface area (Å²) in [4.78, 5) is 16.2. The molecule has 5 nitrogen and oxygen atoms in total. The Bertz CT molecular complexity index is 722. The molecule has 6 heteroatoms. The molecule has 0 aliphatic rings. The van der Waals surface area contributed by atoms with Gasteiger partial charge in [0.05, 0.1) is 45.5 Å². The summed E-state index contributed by atoms with van der Waals surface area (Å²) in [5.41, 5.74) is 7.73. The second-order valence-corrected chi connectivity index (χ2v) is 4.57. The first-order chi connectivity index (χ1) is 9.51. The number of anilines is 2. The number of nitrogens with two attached hydrogens (primary N) is 1. The number of benzene rings is 1. The lowest BCUT2D eigenvalue weighted by Crippen LogP contribution is -2.15. The molecule has 0 radical (unpaired) electrons. The number of carbonyl (C=O) groups excluding carboxylic acids is 1. The number of hydrogen-bond donors (Lipinski definition) is 2. The molecule has 0 saturated heterocycles. The van der Waals surface area contributed by atoms with E-state index in [0.29, 0.717) is 33.2 Å². The Morgan fingerprint density at radius 1 is 1.45 bits per heavy atom. The van der Waals surface area contributed by atoms with Crippen LogP contribution in [0, 0.1) is 18.3 Å². The number of carbonyl (C=O) groups is 1. The molecule has 0 spiro atoms. The van der Waals surface area contributed by atoms with E-state index in [-0.39, 0.29) is 5.91 Å². The van der Waals surface area contributed by atoms with Gasteiger partial charge in [0, 0.05) is 0 Å². The highest BCUT2D eigenvalue weighted by Crippen LogP contribution is 2.24. The first-order valence-corrected chi connectivity index (χ1v) is 6.12. The zero-order valence-corrected chi connectivity index (χ0v) is 11.4. The van der Waals surface area contributed by atoms with E-state index < -0.39 is 0 Å². The molecule has 0 saturated carbocycles. The normalized spacial score (nSPS) is 9.85. The van der Waals surface area contributed by atoms with Gasteiger partial charge in [-0.05, 0) is 31.2 Å². The van der Waals surface area contributed by atoms with Crippen LogP contribution >= 0.6 is 11.6 Å². The third-order valence-electron chi connectivity index (χ3n) is 2.70. The predicted octanol–water partition coefficient (Wildman–Crippen LogP) is 2.75. The minimum atomic E-state index is -0.376. The highest BCUT2D eigenvalue weighted by molar-refractivity contribution is 6.34. The maximum atomic E-state index is 12.2. The van der Waals surface area contributed by atoms with Crippen molar-refractivity contribution in [3.63, 3.8) is 0 Å². The van der Waals surface area contributed by atoms with Crippen LogP contribution in [0.3, 0.4) is 0 Å². The van der Waals surface area contributed by atoms with E-state index in [2.05, 4.69) is 10.3 Å². The fourth-order valence-electron chi connectivity index (χ4n) is 1.66. The fraction of sp³-hybridized carbons (Fsp3) is 0.0714. The van der Waals surface area contributed by atoms with Gasteiger partial charge in [-0.25, -0.2) is 0 Å². The molecule has 2 aromatic rings. The molecule has 0 fully saturated rings. The molecular formula is C14H11ClN4O. The van der Waals surface area contributed by atoms with Gasteiger partial charge in [-0.15, -0.1) is 0 Å². The number of halogens is 1. The highest BCUT2D eigenvalue weighted by Gasteiger charge is 2.12. The van der Waals surface area contributed by atoms with Gasteiger partial charge in [-0.2, -0.15) is 5.26 Å². The van der Waals surface area contributed by atoms with Gasteiger partial charge >= 0.3 is 0 Å². The summed E-state index contributed by atoms with van der Waals surface area (Å²) in [5, 5.41) is 11.9. The maximum absolute atomic E-state index is 12.2. The maximum Gasteiger partial charge on any atom is 0.257 e. The number of pyridine rings is 1. The van der Waals surface area contributed by atoms with Crippen molar-refractivity contribution in [3.8, 4) is 6.07 Å². The summed E-state index contributed by atoms with van der Waals surface area (Å²) >= 11 is 5.99. The molecule has 2 rings (SSSR count). The number of aryl methyl sites for hydroxylation is 1. The minimum absolute atomic E-state index is 0.354. The van der Waals surface area contributed by atoms with Crippen LogP contribution < -0.4 is 11.1 Å². The van der Waals surface area contributed by atoms with Crippen molar-refractivity contribution in [3.05, 3.63) is 52.3 Å². The number of hydrogen-bond acceptors (Lipinski definition) is 4. The summed E-state index contributed by atoms with van der Waals surface area (Å²) < 4.78 is 0. The van der Waals surface area contributed by atoms with Gasteiger partial charge in [0.15, 0.2) is 0 Å². The van der Waals surface area contributed by atoms with Crippen LogP contribution in [-0.4, -0.2) is 10.9 Å². The molecule has 1 aromatic carbocycles. The number of rotatable bonds is 2. The van der Waals surface area contributed by atoms with Gasteiger partial charge in [-0.1, -0.05) is 11.6 Å². The molecule has 1 aromatic heterocycles. The molecule has 3 N–H and O–H groups in total. The molecule has 0 aliphatic carbocycles. The third-order valence-corrected chi connectivity index (χ3v) is 3.03. The van der Waals surface area contributed by atoms with Crippen LogP contribution in [0.15, 0.2) is 30.5 Å². The van der Waals surface area contributed by atoms with E-state index in [4.69, 9.17) is 22.6 Å². The van der Waals surface area contributed by atoms with Gasteiger partial charge in [0.2, 0.25) is 0 Å². The number of aromatic nitrogens is 1. The Labute approximate surface area is 121 Å². The first kappa shape index (κ1) is 13.8. The zero-order valence-electron chi connectivity index (χ0n) is 10.6. The molecule has 1 heterocycles. The SMILES string of the molecule is Cc1ncc(N)cc1C(=O)Nc1cc(C#N)ccc1Cl. The highest BCUT2D eigenvalue weighted by atomic mass is 35.5. The van der Waals surface area contributed by atoms with Gasteiger partial charge in [0.1, 0.15) is 0 Å². The Kier molecular flexibility index (Phi) is 3.87. The van der Waals surface area contributed by atoms with Crippen LogP contribution in [-0.2, 0) is 0 Å². The topological polar surface area (TPSA) is 91.8 Å². The van der Waals surface area contributed by atoms with E-state index in [1.165, 1.54) is 12.3 Å². The molecule has 100 valence electrons.